The standard InChI is InChI=1S/C27H25ClF3N3O6S/c28-15-5-3-13(4-6-15)12-39-26(24(37)20-2-1-7-41-20)27-25(38)22(23(36)19(11-35)40-27)34-10-18(32-33-34)14-8-16(29)21(31)17(30)9-14/h1-10,19,22-27,35-38H,11-12H2/t19?,22-,23-,24-,25?,26+,27+/m0/s1. The van der Waals surface area contributed by atoms with Crippen LogP contribution in [0.2, 0.25) is 5.02 Å². The summed E-state index contributed by atoms with van der Waals surface area (Å²) in [5, 5.41) is 53.8. The number of nitrogens with zero attached hydrogens (tertiary/aromatic N) is 3. The van der Waals surface area contributed by atoms with Crippen molar-refractivity contribution < 1.29 is 43.1 Å². The quantitative estimate of drug-likeness (QED) is 0.212. The molecule has 1 aliphatic heterocycles. The summed E-state index contributed by atoms with van der Waals surface area (Å²) in [4.78, 5) is 0.522. The van der Waals surface area contributed by atoms with E-state index in [2.05, 4.69) is 10.3 Å². The molecule has 0 amide bonds. The Kier molecular flexibility index (Phi) is 9.06. The fourth-order valence-corrected chi connectivity index (χ4v) is 5.60. The summed E-state index contributed by atoms with van der Waals surface area (Å²) in [6, 6.07) is 10.4. The first kappa shape index (κ1) is 29.6. The number of aromatic nitrogens is 3. The van der Waals surface area contributed by atoms with Crippen molar-refractivity contribution >= 4 is 22.9 Å². The van der Waals surface area contributed by atoms with Crippen LogP contribution in [0, 0.1) is 17.5 Å². The average Bonchev–Trinajstić information content (AvgIpc) is 3.67. The van der Waals surface area contributed by atoms with E-state index >= 15 is 0 Å². The molecule has 2 aromatic heterocycles. The topological polar surface area (TPSA) is 130 Å². The van der Waals surface area contributed by atoms with E-state index in [0.717, 1.165) is 22.4 Å². The third kappa shape index (κ3) is 6.17. The van der Waals surface area contributed by atoms with E-state index < -0.39 is 66.7 Å². The van der Waals surface area contributed by atoms with Crippen LogP contribution in [0.4, 0.5) is 13.2 Å². The molecule has 0 radical (unpaired) electrons. The molecule has 41 heavy (non-hydrogen) atoms. The Labute approximate surface area is 241 Å². The predicted molar refractivity (Wildman–Crippen MR) is 141 cm³/mol. The molecule has 7 atom stereocenters. The van der Waals surface area contributed by atoms with Crippen LogP contribution in [-0.2, 0) is 16.1 Å². The van der Waals surface area contributed by atoms with Gasteiger partial charge in [0.2, 0.25) is 0 Å². The van der Waals surface area contributed by atoms with Crippen molar-refractivity contribution in [1.82, 2.24) is 15.0 Å². The molecule has 0 saturated carbocycles. The number of halogens is 4. The summed E-state index contributed by atoms with van der Waals surface area (Å²) in [5.74, 6) is -4.49. The molecule has 1 fully saturated rings. The Balaban J connectivity index is 1.47. The number of aliphatic hydroxyl groups excluding tert-OH is 4. The van der Waals surface area contributed by atoms with Gasteiger partial charge >= 0.3 is 0 Å². The van der Waals surface area contributed by atoms with E-state index in [-0.39, 0.29) is 17.9 Å². The van der Waals surface area contributed by atoms with Crippen LogP contribution in [0.5, 0.6) is 0 Å². The zero-order valence-electron chi connectivity index (χ0n) is 21.1. The zero-order chi connectivity index (χ0) is 29.3. The number of hydrogen-bond acceptors (Lipinski definition) is 9. The molecule has 9 nitrogen and oxygen atoms in total. The maximum Gasteiger partial charge on any atom is 0.194 e. The lowest BCUT2D eigenvalue weighted by atomic mass is 9.88. The molecule has 4 N–H and O–H groups in total. The molecule has 1 saturated heterocycles. The second-order valence-electron chi connectivity index (χ2n) is 9.49. The average molecular weight is 612 g/mol. The van der Waals surface area contributed by atoms with Crippen molar-refractivity contribution in [3.63, 3.8) is 0 Å². The van der Waals surface area contributed by atoms with Gasteiger partial charge in [0.1, 0.15) is 48.4 Å². The van der Waals surface area contributed by atoms with Gasteiger partial charge < -0.3 is 29.9 Å². The normalized spacial score (nSPS) is 24.3. The van der Waals surface area contributed by atoms with Gasteiger partial charge in [0.15, 0.2) is 17.5 Å². The lowest BCUT2D eigenvalue weighted by Crippen LogP contribution is -2.60. The Hall–Kier alpha value is -2.88. The van der Waals surface area contributed by atoms with Gasteiger partial charge in [-0.25, -0.2) is 17.9 Å². The summed E-state index contributed by atoms with van der Waals surface area (Å²) >= 11 is 7.23. The molecular formula is C27H25ClF3N3O6S. The first-order valence-electron chi connectivity index (χ1n) is 12.4. The van der Waals surface area contributed by atoms with Crippen LogP contribution in [0.25, 0.3) is 11.3 Å². The molecule has 0 spiro atoms. The van der Waals surface area contributed by atoms with Crippen molar-refractivity contribution in [2.45, 2.75) is 49.3 Å². The fourth-order valence-electron chi connectivity index (χ4n) is 4.73. The molecule has 2 unspecified atom stereocenters. The number of ether oxygens (including phenoxy) is 2. The largest absolute Gasteiger partial charge is 0.394 e. The molecule has 3 heterocycles. The van der Waals surface area contributed by atoms with Crippen molar-refractivity contribution in [2.75, 3.05) is 6.61 Å². The van der Waals surface area contributed by atoms with Crippen molar-refractivity contribution in [1.29, 1.82) is 0 Å². The summed E-state index contributed by atoms with van der Waals surface area (Å²) in [5.41, 5.74) is 0.522. The van der Waals surface area contributed by atoms with Crippen LogP contribution >= 0.6 is 22.9 Å². The maximum atomic E-state index is 13.8. The van der Waals surface area contributed by atoms with Crippen molar-refractivity contribution in [3.05, 3.63) is 93.0 Å². The SMILES string of the molecule is OCC1O[C@@H]([C@H](OCc2ccc(Cl)cc2)[C@@H](O)c2cccs2)C(O)[C@@H](n2cc(-c3cc(F)c(F)c(F)c3)nn2)[C@H]1O. The smallest absolute Gasteiger partial charge is 0.194 e. The minimum absolute atomic E-state index is 0.00301. The number of hydrogen-bond donors (Lipinski definition) is 4. The zero-order valence-corrected chi connectivity index (χ0v) is 22.7. The first-order valence-corrected chi connectivity index (χ1v) is 13.7. The Morgan fingerprint density at radius 3 is 2.41 bits per heavy atom. The summed E-state index contributed by atoms with van der Waals surface area (Å²) in [7, 11) is 0. The van der Waals surface area contributed by atoms with Gasteiger partial charge in [0.05, 0.1) is 19.4 Å². The maximum absolute atomic E-state index is 13.8. The van der Waals surface area contributed by atoms with E-state index in [4.69, 9.17) is 21.1 Å². The highest BCUT2D eigenvalue weighted by Crippen LogP contribution is 2.37. The predicted octanol–water partition coefficient (Wildman–Crippen LogP) is 3.42. The van der Waals surface area contributed by atoms with Crippen LogP contribution in [0.1, 0.15) is 22.6 Å². The van der Waals surface area contributed by atoms with E-state index in [0.29, 0.717) is 9.90 Å². The van der Waals surface area contributed by atoms with Gasteiger partial charge in [-0.2, -0.15) is 0 Å². The molecule has 4 aromatic rings. The van der Waals surface area contributed by atoms with E-state index in [9.17, 15) is 33.6 Å². The lowest BCUT2D eigenvalue weighted by Gasteiger charge is -2.45. The van der Waals surface area contributed by atoms with E-state index in [1.54, 1.807) is 41.8 Å². The second-order valence-corrected chi connectivity index (χ2v) is 10.9. The minimum atomic E-state index is -1.64. The van der Waals surface area contributed by atoms with Gasteiger partial charge in [-0.1, -0.05) is 35.0 Å². The van der Waals surface area contributed by atoms with Crippen LogP contribution < -0.4 is 0 Å². The van der Waals surface area contributed by atoms with E-state index in [1.807, 2.05) is 0 Å². The molecule has 0 bridgehead atoms. The van der Waals surface area contributed by atoms with Crippen LogP contribution in [-0.4, -0.2) is 72.5 Å². The minimum Gasteiger partial charge on any atom is -0.394 e. The van der Waals surface area contributed by atoms with Crippen molar-refractivity contribution in [2.24, 2.45) is 0 Å². The van der Waals surface area contributed by atoms with Crippen molar-refractivity contribution in [3.8, 4) is 11.3 Å². The number of benzene rings is 2. The lowest BCUT2D eigenvalue weighted by molar-refractivity contribution is -0.249. The highest BCUT2D eigenvalue weighted by molar-refractivity contribution is 7.10. The monoisotopic (exact) mass is 611 g/mol. The van der Waals surface area contributed by atoms with Gasteiger partial charge in [-0.05, 0) is 41.3 Å². The fraction of sp³-hybridized carbons (Fsp3) is 0.333. The number of thiophene rings is 1. The third-order valence-electron chi connectivity index (χ3n) is 6.85. The second kappa shape index (κ2) is 12.5. The Bertz CT molecular complexity index is 1440. The van der Waals surface area contributed by atoms with Gasteiger partial charge in [0, 0.05) is 15.5 Å². The molecule has 2 aromatic carbocycles. The molecule has 0 aliphatic carbocycles. The van der Waals surface area contributed by atoms with Gasteiger partial charge in [0.25, 0.3) is 0 Å². The molecule has 218 valence electrons. The summed E-state index contributed by atoms with van der Waals surface area (Å²) in [6.45, 7) is -0.654. The Morgan fingerprint density at radius 1 is 1.07 bits per heavy atom. The number of aliphatic hydroxyl groups is 4. The third-order valence-corrected chi connectivity index (χ3v) is 8.04. The number of rotatable bonds is 9. The highest BCUT2D eigenvalue weighted by Gasteiger charge is 2.50. The van der Waals surface area contributed by atoms with Crippen LogP contribution in [0.15, 0.2) is 60.1 Å². The summed E-state index contributed by atoms with van der Waals surface area (Å²) < 4.78 is 54.1. The Morgan fingerprint density at radius 2 is 1.78 bits per heavy atom. The first-order chi connectivity index (χ1) is 19.7. The van der Waals surface area contributed by atoms with E-state index in [1.165, 1.54) is 17.5 Å². The van der Waals surface area contributed by atoms with Crippen LogP contribution in [0.3, 0.4) is 0 Å². The molecule has 1 aliphatic rings. The molecular weight excluding hydrogens is 587 g/mol. The van der Waals surface area contributed by atoms with Gasteiger partial charge in [-0.3, -0.25) is 0 Å². The molecule has 14 heteroatoms. The summed E-state index contributed by atoms with van der Waals surface area (Å²) in [6.07, 6.45) is -6.87. The molecule has 5 rings (SSSR count). The highest BCUT2D eigenvalue weighted by atomic mass is 35.5. The van der Waals surface area contributed by atoms with Gasteiger partial charge in [-0.15, -0.1) is 16.4 Å².